The van der Waals surface area contributed by atoms with Crippen LogP contribution < -0.4 is 0 Å². The van der Waals surface area contributed by atoms with Crippen molar-refractivity contribution < 1.29 is 80.2 Å². The van der Waals surface area contributed by atoms with Gasteiger partial charge in [0.2, 0.25) is 0 Å². The molecule has 17 nitrogen and oxygen atoms in total. The highest BCUT2D eigenvalue weighted by molar-refractivity contribution is 7.47. The van der Waals surface area contributed by atoms with E-state index in [0.717, 1.165) is 115 Å². The Balaban J connectivity index is 5.20. The molecular weight excluding hydrogens is 1040 g/mol. The third kappa shape index (κ3) is 53.4. The molecule has 0 fully saturated rings. The summed E-state index contributed by atoms with van der Waals surface area (Å²) in [5.41, 5.74) is 0. The molecule has 3 N–H and O–H groups in total. The number of hydrogen-bond donors (Lipinski definition) is 3. The van der Waals surface area contributed by atoms with E-state index < -0.39 is 97.5 Å². The van der Waals surface area contributed by atoms with Gasteiger partial charge >= 0.3 is 39.5 Å². The number of phosphoric ester groups is 2. The zero-order valence-corrected chi connectivity index (χ0v) is 51.6. The molecule has 0 aliphatic carbocycles. The lowest BCUT2D eigenvalue weighted by Gasteiger charge is -2.21. The smallest absolute Gasteiger partial charge is 0.462 e. The van der Waals surface area contributed by atoms with E-state index in [9.17, 15) is 43.2 Å². The van der Waals surface area contributed by atoms with Crippen LogP contribution in [-0.4, -0.2) is 96.7 Å². The average Bonchev–Trinajstić information content (AvgIpc) is 3.40. The van der Waals surface area contributed by atoms with Crippen molar-refractivity contribution in [2.45, 2.75) is 310 Å². The van der Waals surface area contributed by atoms with Crippen LogP contribution in [0.2, 0.25) is 0 Å². The summed E-state index contributed by atoms with van der Waals surface area (Å²) in [6.07, 6.45) is 34.9. The Kier molecular flexibility index (Phi) is 51.8. The Bertz CT molecular complexity index is 1530. The van der Waals surface area contributed by atoms with E-state index in [1.54, 1.807) is 0 Å². The number of phosphoric acid groups is 2. The first kappa shape index (κ1) is 76.1. The van der Waals surface area contributed by atoms with E-state index in [-0.39, 0.29) is 25.7 Å². The number of esters is 4. The van der Waals surface area contributed by atoms with Crippen LogP contribution in [0.25, 0.3) is 0 Å². The van der Waals surface area contributed by atoms with Gasteiger partial charge in [0.15, 0.2) is 12.2 Å². The van der Waals surface area contributed by atoms with E-state index in [1.807, 2.05) is 0 Å². The summed E-state index contributed by atoms with van der Waals surface area (Å²) in [7, 11) is -9.87. The van der Waals surface area contributed by atoms with Gasteiger partial charge in [0.05, 0.1) is 26.4 Å². The Morgan fingerprint density at radius 2 is 0.590 bits per heavy atom. The minimum Gasteiger partial charge on any atom is -0.462 e. The lowest BCUT2D eigenvalue weighted by atomic mass is 10.0. The van der Waals surface area contributed by atoms with Gasteiger partial charge < -0.3 is 33.8 Å². The molecule has 19 heteroatoms. The summed E-state index contributed by atoms with van der Waals surface area (Å²) in [4.78, 5) is 71.8. The van der Waals surface area contributed by atoms with Crippen molar-refractivity contribution in [2.24, 2.45) is 5.92 Å². The quantitative estimate of drug-likeness (QED) is 0.0222. The minimum atomic E-state index is -4.94. The topological polar surface area (TPSA) is 237 Å². The molecule has 0 aromatic heterocycles. The minimum absolute atomic E-state index is 0.104. The van der Waals surface area contributed by atoms with Crippen molar-refractivity contribution in [3.05, 3.63) is 0 Å². The Morgan fingerprint density at radius 3 is 0.872 bits per heavy atom. The molecule has 0 rings (SSSR count). The predicted molar refractivity (Wildman–Crippen MR) is 308 cm³/mol. The number of unbranched alkanes of at least 4 members (excludes halogenated alkanes) is 31. The van der Waals surface area contributed by atoms with Crippen LogP contribution >= 0.6 is 15.6 Å². The molecule has 78 heavy (non-hydrogen) atoms. The van der Waals surface area contributed by atoms with Crippen molar-refractivity contribution in [2.75, 3.05) is 39.6 Å². The maximum atomic E-state index is 12.9. The molecule has 0 aliphatic heterocycles. The van der Waals surface area contributed by atoms with Crippen LogP contribution in [0.1, 0.15) is 291 Å². The van der Waals surface area contributed by atoms with Crippen molar-refractivity contribution in [1.82, 2.24) is 0 Å². The maximum Gasteiger partial charge on any atom is 0.472 e. The van der Waals surface area contributed by atoms with Gasteiger partial charge in [-0.15, -0.1) is 0 Å². The molecule has 0 radical (unpaired) electrons. The first-order valence-corrected chi connectivity index (χ1v) is 34.1. The molecule has 462 valence electrons. The highest BCUT2D eigenvalue weighted by atomic mass is 31.2. The second-order valence-corrected chi connectivity index (χ2v) is 24.8. The van der Waals surface area contributed by atoms with Gasteiger partial charge in [-0.3, -0.25) is 37.3 Å². The van der Waals surface area contributed by atoms with Crippen LogP contribution in [0.3, 0.4) is 0 Å². The molecule has 0 aliphatic rings. The molecule has 5 atom stereocenters. The summed E-state index contributed by atoms with van der Waals surface area (Å²) < 4.78 is 67.6. The van der Waals surface area contributed by atoms with Gasteiger partial charge in [-0.2, -0.15) is 0 Å². The van der Waals surface area contributed by atoms with E-state index in [0.29, 0.717) is 25.7 Å². The fourth-order valence-corrected chi connectivity index (χ4v) is 10.3. The number of carbonyl (C=O) groups is 4. The summed E-state index contributed by atoms with van der Waals surface area (Å²) in [5, 5.41) is 10.5. The zero-order chi connectivity index (χ0) is 57.8. The SMILES string of the molecule is CCCCCCCCCCCCC(=O)OC[C@H](COP(=O)(O)OC[C@@H](O)COP(=O)(O)OC[C@@H](COC(=O)CCCCCCCCC)OC(=O)CCCCCCCCCC)OC(=O)CCCCCCCCCCCCC(C)C. The monoisotopic (exact) mass is 1160 g/mol. The number of carbonyl (C=O) groups excluding carboxylic acids is 4. The first-order valence-electron chi connectivity index (χ1n) is 31.1. The summed E-state index contributed by atoms with van der Waals surface area (Å²) in [6, 6.07) is 0. The zero-order valence-electron chi connectivity index (χ0n) is 49.8. The molecule has 0 bridgehead atoms. The molecule has 0 amide bonds. The lowest BCUT2D eigenvalue weighted by molar-refractivity contribution is -0.161. The fraction of sp³-hybridized carbons (Fsp3) is 0.932. The molecule has 0 aromatic rings. The second-order valence-electron chi connectivity index (χ2n) is 21.9. The lowest BCUT2D eigenvalue weighted by Crippen LogP contribution is -2.30. The molecule has 0 spiro atoms. The van der Waals surface area contributed by atoms with E-state index in [4.69, 9.17) is 37.0 Å². The number of aliphatic hydroxyl groups is 1. The first-order chi connectivity index (χ1) is 37.5. The molecule has 0 aromatic carbocycles. The van der Waals surface area contributed by atoms with E-state index >= 15 is 0 Å². The van der Waals surface area contributed by atoms with Gasteiger partial charge in [0.25, 0.3) is 0 Å². The number of hydrogen-bond acceptors (Lipinski definition) is 15. The maximum absolute atomic E-state index is 12.9. The van der Waals surface area contributed by atoms with Crippen LogP contribution in [0.4, 0.5) is 0 Å². The van der Waals surface area contributed by atoms with E-state index in [1.165, 1.54) is 96.3 Å². The van der Waals surface area contributed by atoms with Gasteiger partial charge in [0, 0.05) is 25.7 Å². The van der Waals surface area contributed by atoms with Crippen molar-refractivity contribution in [1.29, 1.82) is 0 Å². The normalized spacial score (nSPS) is 14.4. The summed E-state index contributed by atoms with van der Waals surface area (Å²) in [5.74, 6) is -1.39. The molecular formula is C59H114O17P2. The highest BCUT2D eigenvalue weighted by Gasteiger charge is 2.30. The van der Waals surface area contributed by atoms with Gasteiger partial charge in [0.1, 0.15) is 19.3 Å². The average molecular weight is 1160 g/mol. The van der Waals surface area contributed by atoms with Crippen molar-refractivity contribution >= 4 is 39.5 Å². The van der Waals surface area contributed by atoms with Crippen molar-refractivity contribution in [3.8, 4) is 0 Å². The standard InChI is InChI=1S/C59H114O17P2/c1-6-9-12-15-18-20-24-29-33-38-43-57(62)70-49-55(76-59(64)45-40-35-30-25-22-21-23-27-31-36-41-52(4)5)51-74-78(67,68)72-47-53(60)46-71-77(65,66)73-50-54(48-69-56(61)42-37-32-26-17-14-11-8-3)75-58(63)44-39-34-28-19-16-13-10-7-2/h52-55,60H,6-51H2,1-5H3,(H,65,66)(H,67,68)/t53-,54+,55+/m0/s1. The second kappa shape index (κ2) is 53.1. The fourth-order valence-electron chi connectivity index (χ4n) is 8.70. The largest absolute Gasteiger partial charge is 0.472 e. The third-order valence-electron chi connectivity index (χ3n) is 13.5. The number of rotatable bonds is 59. The molecule has 0 heterocycles. The predicted octanol–water partition coefficient (Wildman–Crippen LogP) is 15.8. The Morgan fingerprint density at radius 1 is 0.346 bits per heavy atom. The molecule has 0 saturated heterocycles. The van der Waals surface area contributed by atoms with Gasteiger partial charge in [-0.25, -0.2) is 9.13 Å². The van der Waals surface area contributed by atoms with Gasteiger partial charge in [-0.05, 0) is 31.6 Å². The Hall–Kier alpha value is -1.94. The van der Waals surface area contributed by atoms with Crippen molar-refractivity contribution in [3.63, 3.8) is 0 Å². The molecule has 2 unspecified atom stereocenters. The number of aliphatic hydroxyl groups excluding tert-OH is 1. The van der Waals surface area contributed by atoms with Crippen LogP contribution in [-0.2, 0) is 65.4 Å². The summed E-state index contributed by atoms with van der Waals surface area (Å²) in [6.45, 7) is 7.07. The summed E-state index contributed by atoms with van der Waals surface area (Å²) >= 11 is 0. The van der Waals surface area contributed by atoms with E-state index in [2.05, 4.69) is 34.6 Å². The Labute approximate surface area is 473 Å². The van der Waals surface area contributed by atoms with Crippen LogP contribution in [0.5, 0.6) is 0 Å². The van der Waals surface area contributed by atoms with Crippen LogP contribution in [0, 0.1) is 5.92 Å². The molecule has 0 saturated carbocycles. The highest BCUT2D eigenvalue weighted by Crippen LogP contribution is 2.45. The third-order valence-corrected chi connectivity index (χ3v) is 15.4. The van der Waals surface area contributed by atoms with Gasteiger partial charge in [-0.1, -0.05) is 240 Å². The number of ether oxygens (including phenoxy) is 4. The van der Waals surface area contributed by atoms with Crippen LogP contribution in [0.15, 0.2) is 0 Å².